The van der Waals surface area contributed by atoms with Crippen molar-refractivity contribution in [1.29, 1.82) is 0 Å². The van der Waals surface area contributed by atoms with Gasteiger partial charge in [-0.1, -0.05) is 23.9 Å². The van der Waals surface area contributed by atoms with Gasteiger partial charge in [0.25, 0.3) is 0 Å². The number of hydrogen-bond donors (Lipinski definition) is 1. The Morgan fingerprint density at radius 1 is 1.11 bits per heavy atom. The summed E-state index contributed by atoms with van der Waals surface area (Å²) in [6, 6.07) is 14.7. The number of ether oxygens (including phenoxy) is 1. The van der Waals surface area contributed by atoms with E-state index < -0.39 is 0 Å². The zero-order valence-electron chi connectivity index (χ0n) is 11.6. The number of methoxy groups -OCH3 is 1. The molecule has 2 rings (SSSR count). The van der Waals surface area contributed by atoms with Crippen LogP contribution in [0.3, 0.4) is 0 Å². The molecule has 0 atom stereocenters. The maximum absolute atomic E-state index is 5.25. The van der Waals surface area contributed by atoms with Crippen LogP contribution in [0.25, 0.3) is 0 Å². The van der Waals surface area contributed by atoms with E-state index >= 15 is 0 Å². The third kappa shape index (κ3) is 3.75. The molecular weight excluding hydrogens is 254 g/mol. The molecule has 2 aromatic carbocycles. The van der Waals surface area contributed by atoms with Crippen molar-refractivity contribution >= 4 is 11.8 Å². The van der Waals surface area contributed by atoms with E-state index in [9.17, 15) is 0 Å². The fourth-order valence-corrected chi connectivity index (χ4v) is 2.89. The molecule has 19 heavy (non-hydrogen) atoms. The number of hydrogen-bond acceptors (Lipinski definition) is 3. The van der Waals surface area contributed by atoms with Crippen molar-refractivity contribution in [2.45, 2.75) is 23.3 Å². The summed E-state index contributed by atoms with van der Waals surface area (Å²) in [5, 5.41) is 3.19. The van der Waals surface area contributed by atoms with Gasteiger partial charge in [0.05, 0.1) is 7.11 Å². The first-order chi connectivity index (χ1) is 9.22. The van der Waals surface area contributed by atoms with Crippen molar-refractivity contribution in [1.82, 2.24) is 5.32 Å². The second kappa shape index (κ2) is 6.64. The molecule has 0 aromatic heterocycles. The van der Waals surface area contributed by atoms with Gasteiger partial charge in [-0.05, 0) is 55.4 Å². The van der Waals surface area contributed by atoms with Crippen molar-refractivity contribution in [3.05, 3.63) is 53.6 Å². The average molecular weight is 273 g/mol. The van der Waals surface area contributed by atoms with E-state index in [1.54, 1.807) is 18.9 Å². The van der Waals surface area contributed by atoms with Gasteiger partial charge in [-0.15, -0.1) is 0 Å². The highest BCUT2D eigenvalue weighted by atomic mass is 32.2. The van der Waals surface area contributed by atoms with Crippen LogP contribution in [0.15, 0.2) is 52.3 Å². The van der Waals surface area contributed by atoms with E-state index in [1.165, 1.54) is 20.9 Å². The van der Waals surface area contributed by atoms with E-state index in [-0.39, 0.29) is 0 Å². The molecule has 2 aromatic rings. The largest absolute Gasteiger partial charge is 0.497 e. The second-order valence-corrected chi connectivity index (χ2v) is 5.55. The Balaban J connectivity index is 2.16. The van der Waals surface area contributed by atoms with Crippen molar-refractivity contribution in [3.63, 3.8) is 0 Å². The SMILES string of the molecule is CNCc1ccc(Sc2cccc(OC)c2)cc1C. The minimum atomic E-state index is 0.897. The van der Waals surface area contributed by atoms with Crippen LogP contribution in [0.4, 0.5) is 0 Å². The predicted molar refractivity (Wildman–Crippen MR) is 81.1 cm³/mol. The first-order valence-electron chi connectivity index (χ1n) is 6.29. The monoisotopic (exact) mass is 273 g/mol. The Hall–Kier alpha value is -1.45. The summed E-state index contributed by atoms with van der Waals surface area (Å²) < 4.78 is 5.25. The summed E-state index contributed by atoms with van der Waals surface area (Å²) in [4.78, 5) is 2.45. The van der Waals surface area contributed by atoms with Crippen LogP contribution in [0.2, 0.25) is 0 Å². The van der Waals surface area contributed by atoms with E-state index in [4.69, 9.17) is 4.74 Å². The van der Waals surface area contributed by atoms with Gasteiger partial charge in [0, 0.05) is 16.3 Å². The Morgan fingerprint density at radius 2 is 1.89 bits per heavy atom. The van der Waals surface area contributed by atoms with Gasteiger partial charge >= 0.3 is 0 Å². The number of rotatable bonds is 5. The standard InChI is InChI=1S/C16H19NOS/c1-12-9-16(8-7-13(12)11-17-2)19-15-6-4-5-14(10-15)18-3/h4-10,17H,11H2,1-3H3. The van der Waals surface area contributed by atoms with Crippen molar-refractivity contribution in [3.8, 4) is 5.75 Å². The Bertz CT molecular complexity index is 554. The zero-order chi connectivity index (χ0) is 13.7. The lowest BCUT2D eigenvalue weighted by molar-refractivity contribution is 0.413. The molecule has 0 bridgehead atoms. The maximum atomic E-state index is 5.25. The molecule has 0 amide bonds. The minimum absolute atomic E-state index is 0.897. The van der Waals surface area contributed by atoms with Crippen LogP contribution in [-0.2, 0) is 6.54 Å². The summed E-state index contributed by atoms with van der Waals surface area (Å²) in [6.45, 7) is 3.07. The quantitative estimate of drug-likeness (QED) is 0.893. The highest BCUT2D eigenvalue weighted by Crippen LogP contribution is 2.31. The van der Waals surface area contributed by atoms with Gasteiger partial charge in [-0.2, -0.15) is 0 Å². The fourth-order valence-electron chi connectivity index (χ4n) is 1.92. The van der Waals surface area contributed by atoms with Crippen molar-refractivity contribution in [2.24, 2.45) is 0 Å². The lowest BCUT2D eigenvalue weighted by Gasteiger charge is -2.08. The summed E-state index contributed by atoms with van der Waals surface area (Å²) in [7, 11) is 3.67. The predicted octanol–water partition coefficient (Wildman–Crippen LogP) is 3.87. The molecule has 1 N–H and O–H groups in total. The molecule has 0 spiro atoms. The molecule has 0 unspecified atom stereocenters. The van der Waals surface area contributed by atoms with Crippen LogP contribution < -0.4 is 10.1 Å². The van der Waals surface area contributed by atoms with Gasteiger partial charge < -0.3 is 10.1 Å². The molecule has 0 radical (unpaired) electrons. The molecule has 0 fully saturated rings. The highest BCUT2D eigenvalue weighted by Gasteiger charge is 2.02. The Morgan fingerprint density at radius 3 is 2.58 bits per heavy atom. The van der Waals surface area contributed by atoms with Gasteiger partial charge in [-0.25, -0.2) is 0 Å². The topological polar surface area (TPSA) is 21.3 Å². The van der Waals surface area contributed by atoms with Gasteiger partial charge in [0.2, 0.25) is 0 Å². The van der Waals surface area contributed by atoms with Crippen LogP contribution in [-0.4, -0.2) is 14.2 Å². The van der Waals surface area contributed by atoms with Crippen LogP contribution >= 0.6 is 11.8 Å². The molecule has 0 aliphatic rings. The minimum Gasteiger partial charge on any atom is -0.497 e. The summed E-state index contributed by atoms with van der Waals surface area (Å²) in [5.74, 6) is 0.897. The lowest BCUT2D eigenvalue weighted by Crippen LogP contribution is -2.06. The third-order valence-electron chi connectivity index (χ3n) is 2.96. The van der Waals surface area contributed by atoms with Gasteiger partial charge in [0.1, 0.15) is 5.75 Å². The third-order valence-corrected chi connectivity index (χ3v) is 3.94. The number of benzene rings is 2. The summed E-state index contributed by atoms with van der Waals surface area (Å²) in [5.41, 5.74) is 2.67. The molecule has 0 heterocycles. The van der Waals surface area contributed by atoms with Gasteiger partial charge in [-0.3, -0.25) is 0 Å². The Labute approximate surface area is 119 Å². The normalized spacial score (nSPS) is 10.5. The van der Waals surface area contributed by atoms with E-state index in [0.717, 1.165) is 12.3 Å². The van der Waals surface area contributed by atoms with E-state index in [0.29, 0.717) is 0 Å². The van der Waals surface area contributed by atoms with Crippen LogP contribution in [0, 0.1) is 6.92 Å². The summed E-state index contributed by atoms with van der Waals surface area (Å²) in [6.07, 6.45) is 0. The average Bonchev–Trinajstić information content (AvgIpc) is 2.42. The van der Waals surface area contributed by atoms with Gasteiger partial charge in [0.15, 0.2) is 0 Å². The van der Waals surface area contributed by atoms with Crippen LogP contribution in [0.1, 0.15) is 11.1 Å². The van der Waals surface area contributed by atoms with Crippen molar-refractivity contribution in [2.75, 3.05) is 14.2 Å². The van der Waals surface area contributed by atoms with E-state index in [2.05, 4.69) is 42.6 Å². The molecule has 0 aliphatic heterocycles. The zero-order valence-corrected chi connectivity index (χ0v) is 12.4. The fraction of sp³-hybridized carbons (Fsp3) is 0.250. The maximum Gasteiger partial charge on any atom is 0.119 e. The van der Waals surface area contributed by atoms with E-state index in [1.807, 2.05) is 19.2 Å². The number of aryl methyl sites for hydroxylation is 1. The smallest absolute Gasteiger partial charge is 0.119 e. The molecule has 0 saturated carbocycles. The molecule has 3 heteroatoms. The van der Waals surface area contributed by atoms with Crippen LogP contribution in [0.5, 0.6) is 5.75 Å². The number of nitrogens with one attached hydrogen (secondary N) is 1. The molecule has 0 saturated heterocycles. The summed E-state index contributed by atoms with van der Waals surface area (Å²) >= 11 is 1.76. The first-order valence-corrected chi connectivity index (χ1v) is 7.10. The molecule has 100 valence electrons. The Kier molecular flexibility index (Phi) is 4.88. The van der Waals surface area contributed by atoms with Crippen molar-refractivity contribution < 1.29 is 4.74 Å². The molecule has 0 aliphatic carbocycles. The second-order valence-electron chi connectivity index (χ2n) is 4.40. The molecular formula is C16H19NOS. The highest BCUT2D eigenvalue weighted by molar-refractivity contribution is 7.99. The first kappa shape index (κ1) is 14.0. The lowest BCUT2D eigenvalue weighted by atomic mass is 10.1. The molecule has 2 nitrogen and oxygen atoms in total.